The van der Waals surface area contributed by atoms with Gasteiger partial charge in [-0.3, -0.25) is 19.3 Å². The number of ether oxygens (including phenoxy) is 1. The first-order valence-electron chi connectivity index (χ1n) is 12.8. The summed E-state index contributed by atoms with van der Waals surface area (Å²) in [7, 11) is 0. The van der Waals surface area contributed by atoms with Gasteiger partial charge in [0.1, 0.15) is 6.04 Å². The van der Waals surface area contributed by atoms with Gasteiger partial charge in [-0.05, 0) is 45.4 Å². The molecule has 1 saturated heterocycles. The summed E-state index contributed by atoms with van der Waals surface area (Å²) < 4.78 is 5.41. The fraction of sp³-hybridized carbons (Fsp3) is 0.840. The number of carbonyl (C=O) groups is 4. The number of rotatable bonds is 6. The van der Waals surface area contributed by atoms with Crippen molar-refractivity contribution >= 4 is 23.7 Å². The predicted molar refractivity (Wildman–Crippen MR) is 118 cm³/mol. The molecule has 3 atom stereocenters. The second kappa shape index (κ2) is 10.3. The van der Waals surface area contributed by atoms with E-state index in [1.807, 2.05) is 4.90 Å². The normalized spacial score (nSPS) is 28.3. The van der Waals surface area contributed by atoms with Crippen molar-refractivity contribution in [2.75, 3.05) is 6.61 Å². The molecule has 0 aromatic rings. The molecule has 4 fully saturated rings. The van der Waals surface area contributed by atoms with Gasteiger partial charge >= 0.3 is 5.97 Å². The Morgan fingerprint density at radius 3 is 1.72 bits per heavy atom. The van der Waals surface area contributed by atoms with Crippen LogP contribution in [0.25, 0.3) is 0 Å². The summed E-state index contributed by atoms with van der Waals surface area (Å²) in [4.78, 5) is 54.7. The van der Waals surface area contributed by atoms with Crippen LogP contribution in [-0.4, -0.2) is 58.2 Å². The van der Waals surface area contributed by atoms with E-state index in [4.69, 9.17) is 4.74 Å². The lowest BCUT2D eigenvalue weighted by Gasteiger charge is -2.41. The molecular formula is C25H38N2O5. The summed E-state index contributed by atoms with van der Waals surface area (Å²) in [5.41, 5.74) is 0. The van der Waals surface area contributed by atoms with Gasteiger partial charge in [-0.15, -0.1) is 0 Å². The van der Waals surface area contributed by atoms with Crippen molar-refractivity contribution in [1.82, 2.24) is 9.80 Å². The molecule has 4 rings (SSSR count). The van der Waals surface area contributed by atoms with Crippen LogP contribution in [0.1, 0.15) is 96.8 Å². The molecular weight excluding hydrogens is 408 g/mol. The van der Waals surface area contributed by atoms with E-state index in [1.165, 1.54) is 12.8 Å². The zero-order chi connectivity index (χ0) is 22.7. The highest BCUT2D eigenvalue weighted by molar-refractivity contribution is 6.07. The van der Waals surface area contributed by atoms with Gasteiger partial charge in [0, 0.05) is 12.1 Å². The Balaban J connectivity index is 1.37. The average molecular weight is 447 g/mol. The summed E-state index contributed by atoms with van der Waals surface area (Å²) in [6, 6.07) is -0.508. The number of esters is 1. The summed E-state index contributed by atoms with van der Waals surface area (Å²) in [5.74, 6) is -1.87. The third-order valence-electron chi connectivity index (χ3n) is 8.17. The van der Waals surface area contributed by atoms with Gasteiger partial charge in [0.05, 0.1) is 11.8 Å². The maximum absolute atomic E-state index is 13.2. The molecule has 32 heavy (non-hydrogen) atoms. The van der Waals surface area contributed by atoms with E-state index in [1.54, 1.807) is 6.92 Å². The van der Waals surface area contributed by atoms with Gasteiger partial charge in [0.2, 0.25) is 11.8 Å². The molecule has 3 amide bonds. The molecule has 7 nitrogen and oxygen atoms in total. The van der Waals surface area contributed by atoms with E-state index in [0.717, 1.165) is 69.1 Å². The van der Waals surface area contributed by atoms with Gasteiger partial charge in [0.25, 0.3) is 5.91 Å². The number of imide groups is 1. The van der Waals surface area contributed by atoms with Crippen molar-refractivity contribution in [3.05, 3.63) is 0 Å². The Morgan fingerprint density at radius 2 is 1.25 bits per heavy atom. The quantitative estimate of drug-likeness (QED) is 0.460. The maximum atomic E-state index is 13.2. The topological polar surface area (TPSA) is 84.0 Å². The monoisotopic (exact) mass is 446 g/mol. The standard InChI is InChI=1S/C25H38N2O5/c1-17(26-23(29)20-14-8-9-15-21(20)24(26)30)25(31)32-16-22(28)27(18-10-4-2-5-11-18)19-12-6-3-7-13-19/h17-21H,2-16H2,1H3. The molecule has 3 unspecified atom stereocenters. The van der Waals surface area contributed by atoms with Crippen LogP contribution in [0.4, 0.5) is 0 Å². The highest BCUT2D eigenvalue weighted by Crippen LogP contribution is 2.39. The molecule has 0 aromatic heterocycles. The van der Waals surface area contributed by atoms with Gasteiger partial charge in [0.15, 0.2) is 6.61 Å². The third-order valence-corrected chi connectivity index (χ3v) is 8.17. The number of fused-ring (bicyclic) bond motifs is 1. The van der Waals surface area contributed by atoms with Crippen LogP contribution in [0.2, 0.25) is 0 Å². The van der Waals surface area contributed by atoms with E-state index < -0.39 is 12.0 Å². The van der Waals surface area contributed by atoms with Crippen molar-refractivity contribution in [2.24, 2.45) is 11.8 Å². The van der Waals surface area contributed by atoms with E-state index in [9.17, 15) is 19.2 Å². The second-order valence-corrected chi connectivity index (χ2v) is 10.2. The molecule has 0 aromatic carbocycles. The predicted octanol–water partition coefficient (Wildman–Crippen LogP) is 3.59. The summed E-state index contributed by atoms with van der Waals surface area (Å²) >= 11 is 0. The number of likely N-dealkylation sites (tertiary alicyclic amines) is 1. The molecule has 0 spiro atoms. The van der Waals surface area contributed by atoms with Crippen LogP contribution in [0.15, 0.2) is 0 Å². The highest BCUT2D eigenvalue weighted by atomic mass is 16.5. The van der Waals surface area contributed by atoms with Crippen molar-refractivity contribution in [3.63, 3.8) is 0 Å². The summed E-state index contributed by atoms with van der Waals surface area (Å²) in [6.45, 7) is 1.24. The van der Waals surface area contributed by atoms with Crippen LogP contribution in [-0.2, 0) is 23.9 Å². The van der Waals surface area contributed by atoms with E-state index >= 15 is 0 Å². The Kier molecular flexibility index (Phi) is 7.51. The van der Waals surface area contributed by atoms with Crippen molar-refractivity contribution in [3.8, 4) is 0 Å². The number of carbonyl (C=O) groups excluding carboxylic acids is 4. The van der Waals surface area contributed by atoms with Crippen LogP contribution in [0.3, 0.4) is 0 Å². The largest absolute Gasteiger partial charge is 0.454 e. The highest BCUT2D eigenvalue weighted by Gasteiger charge is 2.51. The lowest BCUT2D eigenvalue weighted by Crippen LogP contribution is -2.51. The Bertz CT molecular complexity index is 684. The molecule has 1 heterocycles. The zero-order valence-electron chi connectivity index (χ0n) is 19.4. The van der Waals surface area contributed by atoms with Crippen LogP contribution in [0, 0.1) is 11.8 Å². The van der Waals surface area contributed by atoms with Crippen LogP contribution >= 0.6 is 0 Å². The van der Waals surface area contributed by atoms with Gasteiger partial charge in [-0.1, -0.05) is 51.4 Å². The minimum absolute atomic E-state index is 0.128. The average Bonchev–Trinajstić information content (AvgIpc) is 3.08. The lowest BCUT2D eigenvalue weighted by atomic mass is 9.81. The molecule has 178 valence electrons. The van der Waals surface area contributed by atoms with E-state index in [-0.39, 0.29) is 48.2 Å². The number of hydrogen-bond acceptors (Lipinski definition) is 5. The first-order valence-corrected chi connectivity index (χ1v) is 12.8. The smallest absolute Gasteiger partial charge is 0.329 e. The van der Waals surface area contributed by atoms with Gasteiger partial charge < -0.3 is 9.64 Å². The molecule has 0 N–H and O–H groups in total. The Hall–Kier alpha value is -1.92. The summed E-state index contributed by atoms with van der Waals surface area (Å²) in [6.07, 6.45) is 14.4. The van der Waals surface area contributed by atoms with Crippen molar-refractivity contribution in [2.45, 2.75) is 115 Å². The molecule has 3 aliphatic carbocycles. The third kappa shape index (κ3) is 4.72. The molecule has 1 aliphatic heterocycles. The SMILES string of the molecule is CC(C(=O)OCC(=O)N(C1CCCCC1)C1CCCCC1)N1C(=O)C2CCCCC2C1=O. The molecule has 4 aliphatic rings. The lowest BCUT2D eigenvalue weighted by molar-refractivity contribution is -0.162. The fourth-order valence-electron chi connectivity index (χ4n) is 6.43. The summed E-state index contributed by atoms with van der Waals surface area (Å²) in [5, 5.41) is 0. The molecule has 7 heteroatoms. The van der Waals surface area contributed by atoms with Crippen LogP contribution in [0.5, 0.6) is 0 Å². The Morgan fingerprint density at radius 1 is 0.812 bits per heavy atom. The minimum atomic E-state index is -0.980. The molecule has 0 radical (unpaired) electrons. The molecule has 3 saturated carbocycles. The maximum Gasteiger partial charge on any atom is 0.329 e. The van der Waals surface area contributed by atoms with Gasteiger partial charge in [-0.25, -0.2) is 4.79 Å². The number of amides is 3. The van der Waals surface area contributed by atoms with E-state index in [0.29, 0.717) is 12.8 Å². The first kappa shape index (κ1) is 23.2. The zero-order valence-corrected chi connectivity index (χ0v) is 19.4. The first-order chi connectivity index (χ1) is 15.5. The van der Waals surface area contributed by atoms with Crippen LogP contribution < -0.4 is 0 Å². The minimum Gasteiger partial charge on any atom is -0.454 e. The second-order valence-electron chi connectivity index (χ2n) is 10.2. The number of nitrogens with zero attached hydrogens (tertiary/aromatic N) is 2. The van der Waals surface area contributed by atoms with E-state index in [2.05, 4.69) is 0 Å². The fourth-order valence-corrected chi connectivity index (χ4v) is 6.43. The Labute approximate surface area is 191 Å². The molecule has 0 bridgehead atoms. The number of hydrogen-bond donors (Lipinski definition) is 0. The van der Waals surface area contributed by atoms with Gasteiger partial charge in [-0.2, -0.15) is 0 Å². The van der Waals surface area contributed by atoms with Crippen molar-refractivity contribution in [1.29, 1.82) is 0 Å². The van der Waals surface area contributed by atoms with Crippen molar-refractivity contribution < 1.29 is 23.9 Å².